The van der Waals surface area contributed by atoms with Gasteiger partial charge in [0, 0.05) is 10.2 Å². The van der Waals surface area contributed by atoms with Gasteiger partial charge < -0.3 is 11.5 Å². The molecule has 1 aliphatic carbocycles. The Kier molecular flexibility index (Phi) is 4.40. The highest BCUT2D eigenvalue weighted by Crippen LogP contribution is 2.37. The molecule has 110 valence electrons. The van der Waals surface area contributed by atoms with Gasteiger partial charge in [-0.1, -0.05) is 34.1 Å². The fourth-order valence-electron chi connectivity index (χ4n) is 2.71. The van der Waals surface area contributed by atoms with Gasteiger partial charge in [0.25, 0.3) is 0 Å². The van der Waals surface area contributed by atoms with Gasteiger partial charge >= 0.3 is 0 Å². The highest BCUT2D eigenvalue weighted by molar-refractivity contribution is 9.10. The first kappa shape index (κ1) is 14.7. The first-order valence-electron chi connectivity index (χ1n) is 7.09. The Labute approximate surface area is 137 Å². The molecule has 1 aliphatic rings. The summed E-state index contributed by atoms with van der Waals surface area (Å²) in [4.78, 5) is 4.53. The van der Waals surface area contributed by atoms with E-state index in [1.54, 1.807) is 11.8 Å². The molecule has 0 fully saturated rings. The van der Waals surface area contributed by atoms with E-state index in [-0.39, 0.29) is 0 Å². The Balaban J connectivity index is 1.89. The van der Waals surface area contributed by atoms with Gasteiger partial charge in [0.15, 0.2) is 0 Å². The van der Waals surface area contributed by atoms with Crippen LogP contribution in [0.25, 0.3) is 0 Å². The van der Waals surface area contributed by atoms with Crippen molar-refractivity contribution < 1.29 is 0 Å². The Morgan fingerprint density at radius 3 is 2.57 bits per heavy atom. The second kappa shape index (κ2) is 6.28. The first-order valence-corrected chi connectivity index (χ1v) is 8.87. The summed E-state index contributed by atoms with van der Waals surface area (Å²) in [5, 5.41) is 1.05. The van der Waals surface area contributed by atoms with Gasteiger partial charge in [0.2, 0.25) is 0 Å². The van der Waals surface area contributed by atoms with Crippen molar-refractivity contribution in [3.05, 3.63) is 45.4 Å². The van der Waals surface area contributed by atoms with Crippen LogP contribution >= 0.6 is 27.7 Å². The number of hydrogen-bond acceptors (Lipinski definition) is 4. The van der Waals surface area contributed by atoms with E-state index in [9.17, 15) is 0 Å². The third-order valence-electron chi connectivity index (χ3n) is 3.87. The topological polar surface area (TPSA) is 64.9 Å². The molecule has 0 spiro atoms. The summed E-state index contributed by atoms with van der Waals surface area (Å²) >= 11 is 5.34. The first-order chi connectivity index (χ1) is 10.2. The molecule has 1 aromatic carbocycles. The minimum atomic E-state index is 0.477. The van der Waals surface area contributed by atoms with Crippen LogP contribution in [-0.2, 0) is 18.6 Å². The highest BCUT2D eigenvalue weighted by Gasteiger charge is 2.20. The number of hydrogen-bond donors (Lipinski definition) is 2. The second-order valence-electron chi connectivity index (χ2n) is 5.26. The summed E-state index contributed by atoms with van der Waals surface area (Å²) in [6.07, 6.45) is 4.48. The van der Waals surface area contributed by atoms with E-state index in [0.29, 0.717) is 11.5 Å². The third kappa shape index (κ3) is 3.04. The predicted octanol–water partition coefficient (Wildman–Crippen LogP) is 4.18. The molecule has 5 heteroatoms. The number of thioether (sulfide) groups is 1. The number of anilines is 2. The Morgan fingerprint density at radius 2 is 1.81 bits per heavy atom. The van der Waals surface area contributed by atoms with E-state index < -0.39 is 0 Å². The van der Waals surface area contributed by atoms with E-state index in [1.807, 2.05) is 6.07 Å². The predicted molar refractivity (Wildman–Crippen MR) is 93.4 cm³/mol. The smallest absolute Gasteiger partial charge is 0.148 e. The van der Waals surface area contributed by atoms with E-state index in [0.717, 1.165) is 28.1 Å². The molecule has 3 nitrogen and oxygen atoms in total. The van der Waals surface area contributed by atoms with Gasteiger partial charge in [-0.25, -0.2) is 4.98 Å². The number of fused-ring (bicyclic) bond motifs is 1. The van der Waals surface area contributed by atoms with Gasteiger partial charge in [0.1, 0.15) is 10.8 Å². The van der Waals surface area contributed by atoms with Gasteiger partial charge in [-0.15, -0.1) is 11.8 Å². The van der Waals surface area contributed by atoms with Crippen LogP contribution in [0.1, 0.15) is 29.5 Å². The molecular formula is C16H18BrN3S. The van der Waals surface area contributed by atoms with Crippen molar-refractivity contribution in [2.24, 2.45) is 0 Å². The van der Waals surface area contributed by atoms with Gasteiger partial charge in [-0.05, 0) is 48.4 Å². The fourth-order valence-corrected chi connectivity index (χ4v) is 4.43. The van der Waals surface area contributed by atoms with E-state index in [2.05, 4.69) is 39.1 Å². The molecule has 0 aliphatic heterocycles. The maximum atomic E-state index is 6.10. The third-order valence-corrected chi connectivity index (χ3v) is 5.71. The standard InChI is InChI=1S/C16H18BrN3S/c17-13-8-4-1-5-10(13)9-21-16-12-7-3-2-6-11(12)14(18)15(19)20-16/h1,4-5,8H,2-3,6-7,9,18H2,(H2,19,20). The molecule has 21 heavy (non-hydrogen) atoms. The molecule has 4 N–H and O–H groups in total. The Morgan fingerprint density at radius 1 is 1.10 bits per heavy atom. The number of nitrogens with two attached hydrogens (primary N) is 2. The van der Waals surface area contributed by atoms with Crippen molar-refractivity contribution in [3.63, 3.8) is 0 Å². The molecule has 1 aromatic heterocycles. The van der Waals surface area contributed by atoms with Crippen LogP contribution in [0.15, 0.2) is 33.8 Å². The Bertz CT molecular complexity index is 673. The lowest BCUT2D eigenvalue weighted by Crippen LogP contribution is -2.12. The average molecular weight is 364 g/mol. The number of rotatable bonds is 3. The van der Waals surface area contributed by atoms with E-state index in [4.69, 9.17) is 11.5 Å². The quantitative estimate of drug-likeness (QED) is 0.802. The van der Waals surface area contributed by atoms with Crippen LogP contribution in [0.2, 0.25) is 0 Å². The maximum absolute atomic E-state index is 6.10. The number of nitrogen functional groups attached to an aromatic ring is 2. The fraction of sp³-hybridized carbons (Fsp3) is 0.312. The van der Waals surface area contributed by atoms with Crippen molar-refractivity contribution in [2.75, 3.05) is 11.5 Å². The molecular weight excluding hydrogens is 346 g/mol. The van der Waals surface area contributed by atoms with Crippen molar-refractivity contribution >= 4 is 39.2 Å². The van der Waals surface area contributed by atoms with Crippen molar-refractivity contribution in [2.45, 2.75) is 36.5 Å². The summed E-state index contributed by atoms with van der Waals surface area (Å²) in [5.41, 5.74) is 16.6. The molecule has 0 atom stereocenters. The molecule has 0 radical (unpaired) electrons. The van der Waals surface area contributed by atoms with Gasteiger partial charge in [-0.2, -0.15) is 0 Å². The minimum Gasteiger partial charge on any atom is -0.396 e. The normalized spacial score (nSPS) is 14.0. The molecule has 0 bridgehead atoms. The summed E-state index contributed by atoms with van der Waals surface area (Å²) in [5.74, 6) is 1.36. The molecule has 0 saturated heterocycles. The molecule has 3 rings (SSSR count). The van der Waals surface area contributed by atoms with Gasteiger partial charge in [-0.3, -0.25) is 0 Å². The van der Waals surface area contributed by atoms with Crippen molar-refractivity contribution in [1.29, 1.82) is 0 Å². The largest absolute Gasteiger partial charge is 0.396 e. The van der Waals surface area contributed by atoms with Crippen LogP contribution in [-0.4, -0.2) is 4.98 Å². The molecule has 1 heterocycles. The highest BCUT2D eigenvalue weighted by atomic mass is 79.9. The van der Waals surface area contributed by atoms with Crippen molar-refractivity contribution in [1.82, 2.24) is 4.98 Å². The lowest BCUT2D eigenvalue weighted by Gasteiger charge is -2.21. The van der Waals surface area contributed by atoms with Crippen molar-refractivity contribution in [3.8, 4) is 0 Å². The summed E-state index contributed by atoms with van der Waals surface area (Å²) in [6.45, 7) is 0. The van der Waals surface area contributed by atoms with Crippen LogP contribution in [0.5, 0.6) is 0 Å². The number of pyridine rings is 1. The lowest BCUT2D eigenvalue weighted by atomic mass is 9.92. The number of halogens is 1. The molecule has 0 saturated carbocycles. The average Bonchev–Trinajstić information content (AvgIpc) is 2.51. The zero-order valence-corrected chi connectivity index (χ0v) is 14.1. The summed E-state index contributed by atoms with van der Waals surface area (Å²) < 4.78 is 1.13. The minimum absolute atomic E-state index is 0.477. The number of nitrogens with zero attached hydrogens (tertiary/aromatic N) is 1. The van der Waals surface area contributed by atoms with Crippen LogP contribution in [0.3, 0.4) is 0 Å². The SMILES string of the molecule is Nc1nc(SCc2ccccc2Br)c2c(c1N)CCCC2. The molecule has 2 aromatic rings. The van der Waals surface area contributed by atoms with E-state index in [1.165, 1.54) is 29.5 Å². The summed E-state index contributed by atoms with van der Waals surface area (Å²) in [6, 6.07) is 8.28. The zero-order valence-electron chi connectivity index (χ0n) is 11.7. The van der Waals surface area contributed by atoms with Crippen LogP contribution < -0.4 is 11.5 Å². The monoisotopic (exact) mass is 363 g/mol. The van der Waals surface area contributed by atoms with Crippen LogP contribution in [0.4, 0.5) is 11.5 Å². The Hall–Kier alpha value is -1.20. The maximum Gasteiger partial charge on any atom is 0.148 e. The van der Waals surface area contributed by atoms with Crippen LogP contribution in [0, 0.1) is 0 Å². The van der Waals surface area contributed by atoms with Gasteiger partial charge in [0.05, 0.1) is 5.69 Å². The molecule has 0 amide bonds. The molecule has 0 unspecified atom stereocenters. The van der Waals surface area contributed by atoms with E-state index >= 15 is 0 Å². The zero-order chi connectivity index (χ0) is 14.8. The number of aromatic nitrogens is 1. The number of benzene rings is 1. The summed E-state index contributed by atoms with van der Waals surface area (Å²) in [7, 11) is 0. The second-order valence-corrected chi connectivity index (χ2v) is 7.08. The lowest BCUT2D eigenvalue weighted by molar-refractivity contribution is 0.670.